The van der Waals surface area contributed by atoms with Gasteiger partial charge in [0.15, 0.2) is 0 Å². The number of hydrogen-bond acceptors (Lipinski definition) is 3. The van der Waals surface area contributed by atoms with Gasteiger partial charge < -0.3 is 21.7 Å². The van der Waals surface area contributed by atoms with Gasteiger partial charge in [-0.2, -0.15) is 4.57 Å². The minimum atomic E-state index is -0.340. The van der Waals surface area contributed by atoms with E-state index >= 15 is 0 Å². The molecule has 0 radical (unpaired) electrons. The summed E-state index contributed by atoms with van der Waals surface area (Å²) < 4.78 is 7.41. The van der Waals surface area contributed by atoms with E-state index in [1.165, 1.54) is 51.4 Å². The fraction of sp³-hybridized carbons (Fsp3) is 0.650. The Balaban J connectivity index is 0.00000576. The van der Waals surface area contributed by atoms with E-state index < -0.39 is 0 Å². The molecule has 1 aromatic heterocycles. The molecule has 25 heavy (non-hydrogen) atoms. The summed E-state index contributed by atoms with van der Waals surface area (Å²) in [6.07, 6.45) is 17.3. The highest BCUT2D eigenvalue weighted by molar-refractivity contribution is 5.86. The quantitative estimate of drug-likeness (QED) is 0.215. The van der Waals surface area contributed by atoms with Crippen LogP contribution in [0.1, 0.15) is 84.3 Å². The molecule has 0 N–H and O–H groups in total. The fourth-order valence-electron chi connectivity index (χ4n) is 2.63. The first kappa shape index (κ1) is 23.8. The number of carbonyl (C=O) groups is 1. The van der Waals surface area contributed by atoms with Gasteiger partial charge in [-0.05, 0) is 13.3 Å². The van der Waals surface area contributed by atoms with Crippen molar-refractivity contribution in [3.8, 4) is 0 Å². The van der Waals surface area contributed by atoms with Gasteiger partial charge in [0.25, 0.3) is 6.33 Å². The molecule has 0 fully saturated rings. The van der Waals surface area contributed by atoms with Gasteiger partial charge in [-0.15, -0.1) is 0 Å². The zero-order valence-electron chi connectivity index (χ0n) is 15.8. The molecule has 0 aromatic carbocycles. The smallest absolute Gasteiger partial charge is 0.336 e. The lowest BCUT2D eigenvalue weighted by atomic mass is 10.1. The van der Waals surface area contributed by atoms with E-state index in [2.05, 4.69) is 18.5 Å². The second-order valence-electron chi connectivity index (χ2n) is 6.46. The van der Waals surface area contributed by atoms with E-state index in [0.29, 0.717) is 5.57 Å². The Bertz CT molecular complexity index is 480. The molecular formula is C20H33BrN2O2. The van der Waals surface area contributed by atoms with Crippen LogP contribution in [-0.4, -0.2) is 11.0 Å². The highest BCUT2D eigenvalue weighted by Gasteiger charge is 2.19. The minimum absolute atomic E-state index is 0. The molecule has 0 spiro atoms. The molecular weight excluding hydrogens is 380 g/mol. The lowest BCUT2D eigenvalue weighted by Gasteiger charge is -2.15. The number of rotatable bonds is 13. The maximum absolute atomic E-state index is 11.8. The molecule has 0 aliphatic rings. The van der Waals surface area contributed by atoms with Gasteiger partial charge in [0.1, 0.15) is 6.20 Å². The predicted octanol–water partition coefficient (Wildman–Crippen LogP) is 1.91. The normalized spacial score (nSPS) is 11.4. The summed E-state index contributed by atoms with van der Waals surface area (Å²) >= 11 is 0. The van der Waals surface area contributed by atoms with Crippen LogP contribution in [0, 0.1) is 0 Å². The van der Waals surface area contributed by atoms with Crippen molar-refractivity contribution >= 4 is 5.97 Å². The molecule has 5 heteroatoms. The van der Waals surface area contributed by atoms with E-state index in [1.807, 2.05) is 16.8 Å². The average Bonchev–Trinajstić information content (AvgIpc) is 2.59. The van der Waals surface area contributed by atoms with Gasteiger partial charge in [0.2, 0.25) is 6.23 Å². The third-order valence-electron chi connectivity index (χ3n) is 4.11. The van der Waals surface area contributed by atoms with Gasteiger partial charge in [-0.3, -0.25) is 0 Å². The largest absolute Gasteiger partial charge is 1.00 e. The zero-order chi connectivity index (χ0) is 17.6. The van der Waals surface area contributed by atoms with Crippen LogP contribution in [0.5, 0.6) is 0 Å². The fourth-order valence-corrected chi connectivity index (χ4v) is 2.63. The molecule has 0 bridgehead atoms. The van der Waals surface area contributed by atoms with Gasteiger partial charge >= 0.3 is 5.97 Å². The Labute approximate surface area is 163 Å². The SMILES string of the molecule is C=C(C)C(=O)OC(CCCCCCCCCCC)[n+]1cccnc1.[Br-]. The summed E-state index contributed by atoms with van der Waals surface area (Å²) in [5, 5.41) is 0. The Morgan fingerprint density at radius 2 is 1.72 bits per heavy atom. The lowest BCUT2D eigenvalue weighted by Crippen LogP contribution is -3.00. The van der Waals surface area contributed by atoms with E-state index in [-0.39, 0.29) is 29.2 Å². The van der Waals surface area contributed by atoms with Gasteiger partial charge in [0, 0.05) is 18.1 Å². The van der Waals surface area contributed by atoms with Crippen LogP contribution in [0.25, 0.3) is 0 Å². The molecule has 142 valence electrons. The van der Waals surface area contributed by atoms with Crippen molar-refractivity contribution in [3.05, 3.63) is 36.9 Å². The van der Waals surface area contributed by atoms with Crippen molar-refractivity contribution in [1.82, 2.24) is 4.98 Å². The maximum Gasteiger partial charge on any atom is 0.336 e. The summed E-state index contributed by atoms with van der Waals surface area (Å²) in [4.78, 5) is 15.9. The van der Waals surface area contributed by atoms with Crippen LogP contribution in [0.3, 0.4) is 0 Å². The number of halogens is 1. The zero-order valence-corrected chi connectivity index (χ0v) is 17.3. The first-order valence-corrected chi connectivity index (χ1v) is 9.32. The van der Waals surface area contributed by atoms with Gasteiger partial charge in [-0.25, -0.2) is 4.79 Å². The lowest BCUT2D eigenvalue weighted by molar-refractivity contribution is -0.760. The standard InChI is InChI=1S/C20H33N2O2.BrH/c1-4-5-6-7-8-9-10-11-12-14-19(24-20(23)18(2)3)22-16-13-15-21-17-22;/h13,15-17,19H,2,4-12,14H2,1,3H3;1H/q+1;/p-1. The molecule has 1 aromatic rings. The maximum atomic E-state index is 11.8. The van der Waals surface area contributed by atoms with E-state index in [0.717, 1.165) is 12.8 Å². The van der Waals surface area contributed by atoms with Gasteiger partial charge in [0.05, 0.1) is 6.20 Å². The third-order valence-corrected chi connectivity index (χ3v) is 4.11. The van der Waals surface area contributed by atoms with E-state index in [4.69, 9.17) is 4.74 Å². The summed E-state index contributed by atoms with van der Waals surface area (Å²) in [6, 6.07) is 1.85. The molecule has 0 amide bonds. The minimum Gasteiger partial charge on any atom is -1.00 e. The Morgan fingerprint density at radius 3 is 2.24 bits per heavy atom. The highest BCUT2D eigenvalue weighted by atomic mass is 79.9. The Hall–Kier alpha value is -1.23. The summed E-state index contributed by atoms with van der Waals surface area (Å²) in [5.74, 6) is -0.340. The number of unbranched alkanes of at least 4 members (excludes halogenated alkanes) is 8. The molecule has 0 aliphatic carbocycles. The molecule has 0 saturated heterocycles. The predicted molar refractivity (Wildman–Crippen MR) is 96.2 cm³/mol. The highest BCUT2D eigenvalue weighted by Crippen LogP contribution is 2.15. The Kier molecular flexibility index (Phi) is 14.3. The Morgan fingerprint density at radius 1 is 1.12 bits per heavy atom. The first-order valence-electron chi connectivity index (χ1n) is 9.32. The van der Waals surface area contributed by atoms with Crippen LogP contribution < -0.4 is 21.5 Å². The summed E-state index contributed by atoms with van der Waals surface area (Å²) in [6.45, 7) is 7.57. The second-order valence-corrected chi connectivity index (χ2v) is 6.46. The number of esters is 1. The van der Waals surface area contributed by atoms with Crippen molar-refractivity contribution in [2.24, 2.45) is 0 Å². The molecule has 0 aliphatic heterocycles. The van der Waals surface area contributed by atoms with Gasteiger partial charge in [-0.1, -0.05) is 69.9 Å². The van der Waals surface area contributed by atoms with Crippen molar-refractivity contribution < 1.29 is 31.1 Å². The summed E-state index contributed by atoms with van der Waals surface area (Å²) in [5.41, 5.74) is 0.427. The second kappa shape index (κ2) is 15.1. The van der Waals surface area contributed by atoms with Crippen molar-refractivity contribution in [2.75, 3.05) is 0 Å². The number of hydrogen-bond donors (Lipinski definition) is 0. The number of aromatic nitrogens is 2. The topological polar surface area (TPSA) is 43.1 Å². The third kappa shape index (κ3) is 11.1. The number of nitrogens with zero attached hydrogens (tertiary/aromatic N) is 2. The average molecular weight is 413 g/mol. The van der Waals surface area contributed by atoms with E-state index in [9.17, 15) is 4.79 Å². The molecule has 1 rings (SSSR count). The van der Waals surface area contributed by atoms with E-state index in [1.54, 1.807) is 19.4 Å². The van der Waals surface area contributed by atoms with Crippen LogP contribution in [0.2, 0.25) is 0 Å². The first-order chi connectivity index (χ1) is 11.6. The van der Waals surface area contributed by atoms with Crippen LogP contribution in [-0.2, 0) is 9.53 Å². The number of ether oxygens (including phenoxy) is 1. The van der Waals surface area contributed by atoms with Crippen LogP contribution >= 0.6 is 0 Å². The van der Waals surface area contributed by atoms with Crippen molar-refractivity contribution in [2.45, 2.75) is 84.3 Å². The molecule has 1 heterocycles. The van der Waals surface area contributed by atoms with Crippen LogP contribution in [0.15, 0.2) is 36.9 Å². The van der Waals surface area contributed by atoms with Crippen LogP contribution in [0.4, 0.5) is 0 Å². The molecule has 1 unspecified atom stereocenters. The molecule has 4 nitrogen and oxygen atoms in total. The summed E-state index contributed by atoms with van der Waals surface area (Å²) in [7, 11) is 0. The number of carbonyl (C=O) groups excluding carboxylic acids is 1. The molecule has 0 saturated carbocycles. The monoisotopic (exact) mass is 412 g/mol. The van der Waals surface area contributed by atoms with Crippen molar-refractivity contribution in [3.63, 3.8) is 0 Å². The van der Waals surface area contributed by atoms with Crippen molar-refractivity contribution in [1.29, 1.82) is 0 Å². The molecule has 1 atom stereocenters.